The quantitative estimate of drug-likeness (QED) is 0.450. The molecule has 0 bridgehead atoms. The SMILES string of the molecule is [CH2]COS(=O)(=O)S(=O)(=O)O. The number of hydrogen-bond donors (Lipinski definition) is 1. The molecule has 8 heteroatoms. The zero-order chi connectivity index (χ0) is 8.41. The molecule has 0 saturated carbocycles. The van der Waals surface area contributed by atoms with Gasteiger partial charge in [-0.25, -0.2) is 0 Å². The van der Waals surface area contributed by atoms with Crippen molar-refractivity contribution < 1.29 is 25.6 Å². The molecule has 1 N–H and O–H groups in total. The van der Waals surface area contributed by atoms with E-state index in [0.29, 0.717) is 0 Å². The summed E-state index contributed by atoms with van der Waals surface area (Å²) in [6, 6.07) is 0. The van der Waals surface area contributed by atoms with Crippen LogP contribution in [0.4, 0.5) is 0 Å². The second-order valence-corrected chi connectivity index (χ2v) is 5.55. The van der Waals surface area contributed by atoms with Gasteiger partial charge in [0.1, 0.15) is 0 Å². The molecule has 0 saturated heterocycles. The Morgan fingerprint density at radius 3 is 1.80 bits per heavy atom. The fourth-order valence-electron chi connectivity index (χ4n) is 0.163. The summed E-state index contributed by atoms with van der Waals surface area (Å²) in [5.74, 6) is 0. The lowest BCUT2D eigenvalue weighted by Gasteiger charge is -1.96. The molecule has 0 aromatic rings. The van der Waals surface area contributed by atoms with Crippen LogP contribution in [0.3, 0.4) is 0 Å². The van der Waals surface area contributed by atoms with Gasteiger partial charge in [-0.05, 0) is 6.92 Å². The minimum atomic E-state index is -5.15. The Morgan fingerprint density at radius 2 is 1.70 bits per heavy atom. The van der Waals surface area contributed by atoms with E-state index < -0.39 is 24.9 Å². The third kappa shape index (κ3) is 2.21. The summed E-state index contributed by atoms with van der Waals surface area (Å²) in [5.41, 5.74) is 0. The summed E-state index contributed by atoms with van der Waals surface area (Å²) in [7, 11) is -10.0. The first-order valence-corrected chi connectivity index (χ1v) is 5.34. The molecule has 6 nitrogen and oxygen atoms in total. The fraction of sp³-hybridized carbons (Fsp3) is 0.500. The largest absolute Gasteiger partial charge is 0.399 e. The zero-order valence-corrected chi connectivity index (χ0v) is 6.35. The van der Waals surface area contributed by atoms with Crippen LogP contribution in [0.1, 0.15) is 0 Å². The molecule has 0 rings (SSSR count). The predicted molar refractivity (Wildman–Crippen MR) is 31.8 cm³/mol. The highest BCUT2D eigenvalue weighted by molar-refractivity contribution is 8.63. The molecule has 0 heterocycles. The van der Waals surface area contributed by atoms with Gasteiger partial charge in [-0.2, -0.15) is 16.8 Å². The summed E-state index contributed by atoms with van der Waals surface area (Å²) in [4.78, 5) is 0. The van der Waals surface area contributed by atoms with E-state index in [9.17, 15) is 16.8 Å². The third-order valence-corrected chi connectivity index (χ3v) is 3.29. The maximum atomic E-state index is 10.2. The first kappa shape index (κ1) is 9.82. The van der Waals surface area contributed by atoms with Gasteiger partial charge in [0, 0.05) is 0 Å². The van der Waals surface area contributed by atoms with E-state index in [2.05, 4.69) is 11.1 Å². The fourth-order valence-corrected chi connectivity index (χ4v) is 1.06. The van der Waals surface area contributed by atoms with Crippen molar-refractivity contribution in [1.82, 2.24) is 0 Å². The molecule has 0 aromatic carbocycles. The molecule has 0 aliphatic carbocycles. The maximum absolute atomic E-state index is 10.2. The predicted octanol–water partition coefficient (Wildman–Crippen LogP) is -1.03. The first-order valence-electron chi connectivity index (χ1n) is 1.97. The minimum absolute atomic E-state index is 0.581. The van der Waals surface area contributed by atoms with Crippen LogP contribution in [0.15, 0.2) is 0 Å². The van der Waals surface area contributed by atoms with E-state index in [0.717, 1.165) is 0 Å². The molecule has 0 aliphatic heterocycles. The summed E-state index contributed by atoms with van der Waals surface area (Å²) in [6.45, 7) is 2.33. The lowest BCUT2D eigenvalue weighted by Crippen LogP contribution is -2.16. The van der Waals surface area contributed by atoms with Crippen LogP contribution in [-0.4, -0.2) is 28.0 Å². The smallest absolute Gasteiger partial charge is 0.272 e. The van der Waals surface area contributed by atoms with Crippen molar-refractivity contribution in [2.45, 2.75) is 0 Å². The van der Waals surface area contributed by atoms with Gasteiger partial charge in [-0.3, -0.25) is 8.74 Å². The molecule has 0 fully saturated rings. The lowest BCUT2D eigenvalue weighted by molar-refractivity contribution is 0.360. The molecule has 10 heavy (non-hydrogen) atoms. The van der Waals surface area contributed by atoms with Gasteiger partial charge in [0.25, 0.3) is 0 Å². The molecule has 0 atom stereocenters. The molecule has 0 amide bonds. The van der Waals surface area contributed by atoms with Gasteiger partial charge in [-0.1, -0.05) is 0 Å². The monoisotopic (exact) mass is 189 g/mol. The molecule has 0 spiro atoms. The first-order chi connectivity index (χ1) is 4.31. The molecule has 1 radical (unpaired) electrons. The van der Waals surface area contributed by atoms with Gasteiger partial charge in [-0.15, -0.1) is 0 Å². The number of hydrogen-bond acceptors (Lipinski definition) is 5. The average molecular weight is 189 g/mol. The zero-order valence-electron chi connectivity index (χ0n) is 4.72. The minimum Gasteiger partial charge on any atom is -0.272 e. The third-order valence-electron chi connectivity index (χ3n) is 0.486. The Hall–Kier alpha value is -0.180. The normalized spacial score (nSPS) is 13.4. The molecule has 0 aromatic heterocycles. The highest BCUT2D eigenvalue weighted by Crippen LogP contribution is 2.00. The Bertz CT molecular complexity index is 282. The molecule has 61 valence electrons. The van der Waals surface area contributed by atoms with Crippen molar-refractivity contribution in [1.29, 1.82) is 0 Å². The Labute approximate surface area is 58.1 Å². The van der Waals surface area contributed by atoms with Gasteiger partial charge in [0.05, 0.1) is 6.61 Å². The summed E-state index contributed by atoms with van der Waals surface area (Å²) in [6.07, 6.45) is 0. The molecular weight excluding hydrogens is 184 g/mol. The molecule has 0 aliphatic rings. The van der Waals surface area contributed by atoms with Crippen LogP contribution in [0.5, 0.6) is 0 Å². The molecule has 0 unspecified atom stereocenters. The van der Waals surface area contributed by atoms with Crippen molar-refractivity contribution in [2.24, 2.45) is 0 Å². The molecular formula is C2H5O6S2. The van der Waals surface area contributed by atoms with Crippen molar-refractivity contribution in [3.63, 3.8) is 0 Å². The highest BCUT2D eigenvalue weighted by atomic mass is 33.2. The van der Waals surface area contributed by atoms with E-state index in [-0.39, 0.29) is 0 Å². The standard InChI is InChI=1S/C2H5O6S2/c1-2-8-10(6,7)9(3,4)5/h1-2H2,(H,3,4,5). The van der Waals surface area contributed by atoms with Crippen LogP contribution in [-0.2, 0) is 22.5 Å². The lowest BCUT2D eigenvalue weighted by atomic mass is 10.9. The van der Waals surface area contributed by atoms with Crippen LogP contribution >= 0.6 is 0 Å². The second kappa shape index (κ2) is 2.82. The van der Waals surface area contributed by atoms with E-state index in [1.54, 1.807) is 0 Å². The highest BCUT2D eigenvalue weighted by Gasteiger charge is 2.27. The van der Waals surface area contributed by atoms with Crippen LogP contribution in [0.25, 0.3) is 0 Å². The number of rotatable bonds is 3. The average Bonchev–Trinajstić information content (AvgIpc) is 1.61. The van der Waals surface area contributed by atoms with E-state index in [1.807, 2.05) is 0 Å². The van der Waals surface area contributed by atoms with Crippen LogP contribution < -0.4 is 0 Å². The Morgan fingerprint density at radius 1 is 1.30 bits per heavy atom. The maximum Gasteiger partial charge on any atom is 0.399 e. The van der Waals surface area contributed by atoms with Gasteiger partial charge in [0.2, 0.25) is 0 Å². The van der Waals surface area contributed by atoms with E-state index >= 15 is 0 Å². The summed E-state index contributed by atoms with van der Waals surface area (Å²) in [5, 5.41) is 0. The van der Waals surface area contributed by atoms with Crippen molar-refractivity contribution in [2.75, 3.05) is 6.61 Å². The Balaban J connectivity index is 4.80. The van der Waals surface area contributed by atoms with Gasteiger partial charge in [0.15, 0.2) is 0 Å². The van der Waals surface area contributed by atoms with Crippen molar-refractivity contribution in [3.05, 3.63) is 6.92 Å². The van der Waals surface area contributed by atoms with Crippen LogP contribution in [0, 0.1) is 6.92 Å². The second-order valence-electron chi connectivity index (χ2n) is 1.16. The van der Waals surface area contributed by atoms with E-state index in [1.165, 1.54) is 0 Å². The summed E-state index contributed by atoms with van der Waals surface area (Å²) >= 11 is 0. The van der Waals surface area contributed by atoms with Crippen molar-refractivity contribution in [3.8, 4) is 0 Å². The Kier molecular flexibility index (Phi) is 2.77. The van der Waals surface area contributed by atoms with Gasteiger partial charge >= 0.3 is 18.3 Å². The summed E-state index contributed by atoms with van der Waals surface area (Å²) < 4.78 is 51.5. The van der Waals surface area contributed by atoms with Gasteiger partial charge < -0.3 is 0 Å². The van der Waals surface area contributed by atoms with Crippen molar-refractivity contribution >= 4 is 18.3 Å². The van der Waals surface area contributed by atoms with Crippen LogP contribution in [0.2, 0.25) is 0 Å². The topological polar surface area (TPSA) is 97.7 Å². The van der Waals surface area contributed by atoms with E-state index in [4.69, 9.17) is 4.55 Å².